The summed E-state index contributed by atoms with van der Waals surface area (Å²) < 4.78 is 3.47. The highest BCUT2D eigenvalue weighted by Gasteiger charge is 2.37. The van der Waals surface area contributed by atoms with Gasteiger partial charge in [-0.2, -0.15) is 5.10 Å². The molecule has 8 heteroatoms. The van der Waals surface area contributed by atoms with Crippen LogP contribution in [0.2, 0.25) is 0 Å². The van der Waals surface area contributed by atoms with Gasteiger partial charge in [0.1, 0.15) is 11.3 Å². The van der Waals surface area contributed by atoms with Gasteiger partial charge in [-0.05, 0) is 63.9 Å². The number of aryl methyl sites for hydroxylation is 2. The first-order valence-corrected chi connectivity index (χ1v) is 11.9. The summed E-state index contributed by atoms with van der Waals surface area (Å²) in [5.41, 5.74) is 5.63. The molecule has 2 aliphatic heterocycles. The summed E-state index contributed by atoms with van der Waals surface area (Å²) in [6, 6.07) is 8.29. The number of piperidine rings is 1. The van der Waals surface area contributed by atoms with Crippen molar-refractivity contribution in [2.24, 2.45) is 5.92 Å². The van der Waals surface area contributed by atoms with Gasteiger partial charge >= 0.3 is 0 Å². The molecule has 170 valence electrons. The molecule has 0 bridgehead atoms. The fourth-order valence-corrected chi connectivity index (χ4v) is 5.73. The molecule has 0 spiro atoms. The van der Waals surface area contributed by atoms with Gasteiger partial charge < -0.3 is 9.80 Å². The molecule has 0 aliphatic carbocycles. The van der Waals surface area contributed by atoms with E-state index in [0.717, 1.165) is 42.2 Å². The van der Waals surface area contributed by atoms with Crippen LogP contribution in [0.15, 0.2) is 41.5 Å². The first-order chi connectivity index (χ1) is 16.0. The van der Waals surface area contributed by atoms with Gasteiger partial charge in [-0.1, -0.05) is 6.92 Å². The smallest absolute Gasteiger partial charge is 0.258 e. The minimum atomic E-state index is -0.0900. The van der Waals surface area contributed by atoms with Gasteiger partial charge in [0, 0.05) is 31.4 Å². The standard InChI is InChI=1S/C25H29N7O/c1-4-29-9-7-18-14-30(10-8-22(18)29)19-5-6-24-27-20(12-25(33)31(24)15-19)21-11-23-17(3)26-16(2)13-32(23)28-21/h5-6,11-13,15,18,22H,4,7-10,14H2,1-3H3. The Morgan fingerprint density at radius 3 is 2.76 bits per heavy atom. The quantitative estimate of drug-likeness (QED) is 0.485. The zero-order valence-electron chi connectivity index (χ0n) is 19.4. The van der Waals surface area contributed by atoms with Crippen LogP contribution < -0.4 is 10.5 Å². The lowest BCUT2D eigenvalue weighted by Crippen LogP contribution is -2.46. The van der Waals surface area contributed by atoms with E-state index in [-0.39, 0.29) is 5.56 Å². The van der Waals surface area contributed by atoms with Gasteiger partial charge in [0.15, 0.2) is 0 Å². The molecule has 4 aromatic rings. The molecule has 2 aliphatic rings. The number of hydrogen-bond acceptors (Lipinski definition) is 6. The number of pyridine rings is 1. The van der Waals surface area contributed by atoms with Crippen LogP contribution in [0.1, 0.15) is 31.2 Å². The molecule has 6 rings (SSSR count). The topological polar surface area (TPSA) is 71.0 Å². The third-order valence-electron chi connectivity index (χ3n) is 7.39. The van der Waals surface area contributed by atoms with E-state index in [1.807, 2.05) is 42.9 Å². The molecule has 2 saturated heterocycles. The van der Waals surface area contributed by atoms with Crippen molar-refractivity contribution >= 4 is 16.9 Å². The Kier molecular flexibility index (Phi) is 4.72. The van der Waals surface area contributed by atoms with Crippen molar-refractivity contribution in [2.75, 3.05) is 31.1 Å². The maximum atomic E-state index is 13.1. The molecular formula is C25H29N7O. The van der Waals surface area contributed by atoms with Gasteiger partial charge in [-0.15, -0.1) is 0 Å². The number of fused-ring (bicyclic) bond motifs is 3. The maximum absolute atomic E-state index is 13.1. The zero-order chi connectivity index (χ0) is 22.7. The maximum Gasteiger partial charge on any atom is 0.258 e. The fourth-order valence-electron chi connectivity index (χ4n) is 5.73. The van der Waals surface area contributed by atoms with Gasteiger partial charge in [0.05, 0.1) is 34.5 Å². The average molecular weight is 444 g/mol. The minimum Gasteiger partial charge on any atom is -0.370 e. The highest BCUT2D eigenvalue weighted by atomic mass is 16.1. The van der Waals surface area contributed by atoms with E-state index in [2.05, 4.69) is 32.9 Å². The van der Waals surface area contributed by atoms with Crippen LogP contribution in [-0.4, -0.2) is 61.1 Å². The lowest BCUT2D eigenvalue weighted by molar-refractivity contribution is 0.210. The minimum absolute atomic E-state index is 0.0900. The summed E-state index contributed by atoms with van der Waals surface area (Å²) >= 11 is 0. The lowest BCUT2D eigenvalue weighted by Gasteiger charge is -2.39. The second kappa shape index (κ2) is 7.66. The molecule has 4 aromatic heterocycles. The Balaban J connectivity index is 1.33. The molecule has 0 N–H and O–H groups in total. The summed E-state index contributed by atoms with van der Waals surface area (Å²) in [4.78, 5) is 27.4. The lowest BCUT2D eigenvalue weighted by atomic mass is 9.92. The number of anilines is 1. The second-order valence-electron chi connectivity index (χ2n) is 9.40. The molecule has 0 aromatic carbocycles. The van der Waals surface area contributed by atoms with Crippen molar-refractivity contribution in [1.82, 2.24) is 28.9 Å². The number of aromatic nitrogens is 5. The Morgan fingerprint density at radius 2 is 1.91 bits per heavy atom. The van der Waals surface area contributed by atoms with E-state index in [9.17, 15) is 4.79 Å². The van der Waals surface area contributed by atoms with Crippen LogP contribution in [0.5, 0.6) is 0 Å². The fraction of sp³-hybridized carbons (Fsp3) is 0.440. The third-order valence-corrected chi connectivity index (χ3v) is 7.39. The molecule has 33 heavy (non-hydrogen) atoms. The largest absolute Gasteiger partial charge is 0.370 e. The number of likely N-dealkylation sites (tertiary alicyclic amines) is 1. The van der Waals surface area contributed by atoms with Crippen molar-refractivity contribution in [3.63, 3.8) is 0 Å². The van der Waals surface area contributed by atoms with Gasteiger partial charge in [-0.25, -0.2) is 9.50 Å². The van der Waals surface area contributed by atoms with Crippen molar-refractivity contribution in [3.05, 3.63) is 58.4 Å². The van der Waals surface area contributed by atoms with Crippen molar-refractivity contribution < 1.29 is 0 Å². The molecule has 2 unspecified atom stereocenters. The number of rotatable bonds is 3. The summed E-state index contributed by atoms with van der Waals surface area (Å²) in [5, 5.41) is 4.64. The van der Waals surface area contributed by atoms with Crippen LogP contribution in [0, 0.1) is 19.8 Å². The first kappa shape index (κ1) is 20.4. The molecule has 0 amide bonds. The van der Waals surface area contributed by atoms with E-state index in [0.29, 0.717) is 29.0 Å². The monoisotopic (exact) mass is 443 g/mol. The Labute approximate surface area is 192 Å². The van der Waals surface area contributed by atoms with Crippen molar-refractivity contribution in [3.8, 4) is 11.4 Å². The predicted octanol–water partition coefficient (Wildman–Crippen LogP) is 2.94. The molecule has 8 nitrogen and oxygen atoms in total. The molecule has 6 heterocycles. The molecule has 0 radical (unpaired) electrons. The Hall–Kier alpha value is -3.26. The highest BCUT2D eigenvalue weighted by molar-refractivity contribution is 5.66. The molecule has 2 fully saturated rings. The van der Waals surface area contributed by atoms with E-state index in [1.165, 1.54) is 19.4 Å². The van der Waals surface area contributed by atoms with Crippen molar-refractivity contribution in [2.45, 2.75) is 39.7 Å². The van der Waals surface area contributed by atoms with Crippen LogP contribution in [0.3, 0.4) is 0 Å². The normalized spacial score (nSPS) is 21.2. The van der Waals surface area contributed by atoms with Crippen LogP contribution in [-0.2, 0) is 0 Å². The third kappa shape index (κ3) is 3.40. The van der Waals surface area contributed by atoms with E-state index in [4.69, 9.17) is 4.98 Å². The summed E-state index contributed by atoms with van der Waals surface area (Å²) in [6.45, 7) is 10.6. The molecule has 0 saturated carbocycles. The van der Waals surface area contributed by atoms with E-state index >= 15 is 0 Å². The van der Waals surface area contributed by atoms with Crippen molar-refractivity contribution in [1.29, 1.82) is 0 Å². The first-order valence-electron chi connectivity index (χ1n) is 11.9. The van der Waals surface area contributed by atoms with Gasteiger partial charge in [0.2, 0.25) is 0 Å². The van der Waals surface area contributed by atoms with Gasteiger partial charge in [-0.3, -0.25) is 14.2 Å². The zero-order valence-corrected chi connectivity index (χ0v) is 19.4. The predicted molar refractivity (Wildman–Crippen MR) is 129 cm³/mol. The van der Waals surface area contributed by atoms with Crippen LogP contribution in [0.4, 0.5) is 5.69 Å². The van der Waals surface area contributed by atoms with Crippen LogP contribution in [0.25, 0.3) is 22.6 Å². The summed E-state index contributed by atoms with van der Waals surface area (Å²) in [6.07, 6.45) is 6.28. The molecular weight excluding hydrogens is 414 g/mol. The van der Waals surface area contributed by atoms with E-state index in [1.54, 1.807) is 10.5 Å². The summed E-state index contributed by atoms with van der Waals surface area (Å²) in [7, 11) is 0. The summed E-state index contributed by atoms with van der Waals surface area (Å²) in [5.74, 6) is 0.711. The Bertz CT molecular complexity index is 1420. The SMILES string of the molecule is CCN1CCC2CN(c3ccc4nc(-c5cc6c(C)nc(C)cn6n5)cc(=O)n4c3)CCC21. The van der Waals surface area contributed by atoms with E-state index < -0.39 is 0 Å². The molecule has 2 atom stereocenters. The second-order valence-corrected chi connectivity index (χ2v) is 9.40. The average Bonchev–Trinajstić information content (AvgIpc) is 3.42. The highest BCUT2D eigenvalue weighted by Crippen LogP contribution is 2.33. The van der Waals surface area contributed by atoms with Crippen LogP contribution >= 0.6 is 0 Å². The van der Waals surface area contributed by atoms with Gasteiger partial charge in [0.25, 0.3) is 5.56 Å². The Morgan fingerprint density at radius 1 is 1.03 bits per heavy atom. The number of hydrogen-bond donors (Lipinski definition) is 0. The number of nitrogens with zero attached hydrogens (tertiary/aromatic N) is 7.